The van der Waals surface area contributed by atoms with Crippen molar-refractivity contribution >= 4 is 28.4 Å². The monoisotopic (exact) mass is 432 g/mol. The van der Waals surface area contributed by atoms with Crippen molar-refractivity contribution in [2.45, 2.75) is 36.0 Å². The highest BCUT2D eigenvalue weighted by molar-refractivity contribution is 7.89. The lowest BCUT2D eigenvalue weighted by atomic mass is 9.80. The van der Waals surface area contributed by atoms with Crippen LogP contribution >= 0.6 is 12.4 Å². The van der Waals surface area contributed by atoms with Crippen molar-refractivity contribution in [3.8, 4) is 0 Å². The number of esters is 1. The number of sulfonamides is 1. The van der Waals surface area contributed by atoms with Gasteiger partial charge in [0.15, 0.2) is 0 Å². The third-order valence-corrected chi connectivity index (χ3v) is 7.21. The summed E-state index contributed by atoms with van der Waals surface area (Å²) < 4.78 is 38.4. The molecule has 0 bridgehead atoms. The van der Waals surface area contributed by atoms with Crippen LogP contribution in [0.1, 0.15) is 31.2 Å². The number of piperidine rings is 1. The molecule has 0 spiro atoms. The van der Waals surface area contributed by atoms with Crippen molar-refractivity contribution in [2.24, 2.45) is 5.41 Å². The summed E-state index contributed by atoms with van der Waals surface area (Å²) in [7, 11) is -0.604. The molecule has 9 heteroatoms. The maximum atomic E-state index is 12.7. The topological polar surface area (TPSA) is 93.7 Å². The zero-order chi connectivity index (χ0) is 19.5. The molecule has 1 aliphatic heterocycles. The van der Waals surface area contributed by atoms with E-state index in [4.69, 9.17) is 9.47 Å². The standard InChI is InChI=1S/C19H28N2O5S.ClH/c1-25-14-18(9-11-20-12-10-18)13-21-27(23,24)16-5-3-15(4-6-16)19(7-8-19)17(22)26-2;/h3-6,20-21H,7-14H2,1-2H3;1H. The molecule has 1 saturated heterocycles. The van der Waals surface area contributed by atoms with Crippen LogP contribution in [0.25, 0.3) is 0 Å². The van der Waals surface area contributed by atoms with Gasteiger partial charge in [0.2, 0.25) is 10.0 Å². The van der Waals surface area contributed by atoms with Crippen LogP contribution in [0.5, 0.6) is 0 Å². The molecule has 1 saturated carbocycles. The Morgan fingerprint density at radius 2 is 1.71 bits per heavy atom. The lowest BCUT2D eigenvalue weighted by molar-refractivity contribution is -0.143. The molecule has 1 aromatic carbocycles. The molecule has 1 heterocycles. The Bertz CT molecular complexity index is 767. The lowest BCUT2D eigenvalue weighted by Crippen LogP contribution is -2.47. The summed E-state index contributed by atoms with van der Waals surface area (Å²) >= 11 is 0. The zero-order valence-electron chi connectivity index (χ0n) is 16.3. The first-order valence-electron chi connectivity index (χ1n) is 9.26. The van der Waals surface area contributed by atoms with Gasteiger partial charge >= 0.3 is 5.97 Å². The normalized spacial score (nSPS) is 20.1. The Morgan fingerprint density at radius 1 is 1.11 bits per heavy atom. The molecule has 3 rings (SSSR count). The van der Waals surface area contributed by atoms with E-state index in [9.17, 15) is 13.2 Å². The number of carbonyl (C=O) groups excluding carboxylic acids is 1. The number of halogens is 1. The fourth-order valence-electron chi connectivity index (χ4n) is 3.85. The summed E-state index contributed by atoms with van der Waals surface area (Å²) in [6.45, 7) is 2.58. The van der Waals surface area contributed by atoms with Crippen LogP contribution < -0.4 is 10.0 Å². The van der Waals surface area contributed by atoms with Crippen LogP contribution in [0.3, 0.4) is 0 Å². The fraction of sp³-hybridized carbons (Fsp3) is 0.632. The highest BCUT2D eigenvalue weighted by Gasteiger charge is 2.52. The number of benzene rings is 1. The molecule has 158 valence electrons. The maximum Gasteiger partial charge on any atom is 0.316 e. The number of nitrogens with one attached hydrogen (secondary N) is 2. The summed E-state index contributed by atoms with van der Waals surface area (Å²) in [6, 6.07) is 6.56. The first kappa shape index (κ1) is 23.1. The van der Waals surface area contributed by atoms with Crippen LogP contribution in [0.4, 0.5) is 0 Å². The van der Waals surface area contributed by atoms with Gasteiger partial charge in [-0.25, -0.2) is 13.1 Å². The second-order valence-corrected chi connectivity index (χ2v) is 9.37. The number of rotatable bonds is 8. The summed E-state index contributed by atoms with van der Waals surface area (Å²) in [5.74, 6) is -0.261. The summed E-state index contributed by atoms with van der Waals surface area (Å²) in [4.78, 5) is 12.2. The Morgan fingerprint density at radius 3 is 2.21 bits per heavy atom. The molecule has 2 fully saturated rings. The van der Waals surface area contributed by atoms with E-state index in [1.54, 1.807) is 31.4 Å². The van der Waals surface area contributed by atoms with Crippen LogP contribution in [0.15, 0.2) is 29.2 Å². The van der Waals surface area contributed by atoms with E-state index in [0.29, 0.717) is 13.2 Å². The van der Waals surface area contributed by atoms with Crippen molar-refractivity contribution in [3.05, 3.63) is 29.8 Å². The van der Waals surface area contributed by atoms with E-state index in [1.807, 2.05) is 0 Å². The Hall–Kier alpha value is -1.19. The lowest BCUT2D eigenvalue weighted by Gasteiger charge is -2.37. The van der Waals surface area contributed by atoms with Gasteiger partial charge in [-0.1, -0.05) is 12.1 Å². The van der Waals surface area contributed by atoms with Gasteiger partial charge in [-0.05, 0) is 56.5 Å². The van der Waals surface area contributed by atoms with Crippen LogP contribution in [0.2, 0.25) is 0 Å². The van der Waals surface area contributed by atoms with Crippen molar-refractivity contribution in [1.82, 2.24) is 10.0 Å². The molecule has 2 N–H and O–H groups in total. The minimum Gasteiger partial charge on any atom is -0.468 e. The molecule has 0 aromatic heterocycles. The minimum atomic E-state index is -3.63. The predicted octanol–water partition coefficient (Wildman–Crippen LogP) is 1.61. The minimum absolute atomic E-state index is 0. The Labute approximate surface area is 173 Å². The molecule has 2 aliphatic rings. The number of ether oxygens (including phenoxy) is 2. The second kappa shape index (κ2) is 9.09. The smallest absolute Gasteiger partial charge is 0.316 e. The number of carbonyl (C=O) groups is 1. The second-order valence-electron chi connectivity index (χ2n) is 7.61. The molecular weight excluding hydrogens is 404 g/mol. The molecule has 0 unspecified atom stereocenters. The Balaban J connectivity index is 0.00000280. The van der Waals surface area contributed by atoms with Crippen molar-refractivity contribution in [3.63, 3.8) is 0 Å². The van der Waals surface area contributed by atoms with Gasteiger partial charge in [0.05, 0.1) is 24.0 Å². The number of hydrogen-bond acceptors (Lipinski definition) is 6. The van der Waals surface area contributed by atoms with Gasteiger partial charge in [0.1, 0.15) is 0 Å². The van der Waals surface area contributed by atoms with E-state index in [-0.39, 0.29) is 28.7 Å². The molecule has 1 aromatic rings. The van der Waals surface area contributed by atoms with Gasteiger partial charge in [-0.2, -0.15) is 0 Å². The number of methoxy groups -OCH3 is 2. The van der Waals surface area contributed by atoms with Crippen LogP contribution in [-0.2, 0) is 29.7 Å². The molecule has 0 radical (unpaired) electrons. The van der Waals surface area contributed by atoms with Gasteiger partial charge in [0.25, 0.3) is 0 Å². The molecule has 0 atom stereocenters. The van der Waals surface area contributed by atoms with E-state index >= 15 is 0 Å². The Kier molecular flexibility index (Phi) is 7.50. The molecule has 1 aliphatic carbocycles. The van der Waals surface area contributed by atoms with Gasteiger partial charge in [-0.3, -0.25) is 4.79 Å². The highest BCUT2D eigenvalue weighted by atomic mass is 35.5. The van der Waals surface area contributed by atoms with Crippen molar-refractivity contribution < 1.29 is 22.7 Å². The summed E-state index contributed by atoms with van der Waals surface area (Å²) in [5, 5.41) is 3.30. The number of hydrogen-bond donors (Lipinski definition) is 2. The largest absolute Gasteiger partial charge is 0.468 e. The van der Waals surface area contributed by atoms with Crippen molar-refractivity contribution in [1.29, 1.82) is 0 Å². The highest BCUT2D eigenvalue weighted by Crippen LogP contribution is 2.49. The van der Waals surface area contributed by atoms with E-state index in [0.717, 1.165) is 44.3 Å². The molecule has 0 amide bonds. The first-order valence-corrected chi connectivity index (χ1v) is 10.7. The quantitative estimate of drug-likeness (QED) is 0.606. The van der Waals surface area contributed by atoms with Crippen LogP contribution in [-0.4, -0.2) is 54.8 Å². The van der Waals surface area contributed by atoms with Crippen LogP contribution in [0, 0.1) is 5.41 Å². The maximum absolute atomic E-state index is 12.7. The van der Waals surface area contributed by atoms with E-state index < -0.39 is 15.4 Å². The summed E-state index contributed by atoms with van der Waals surface area (Å²) in [6.07, 6.45) is 3.20. The van der Waals surface area contributed by atoms with Gasteiger partial charge in [-0.15, -0.1) is 12.4 Å². The molecular formula is C19H29ClN2O5S. The van der Waals surface area contributed by atoms with E-state index in [1.165, 1.54) is 7.11 Å². The van der Waals surface area contributed by atoms with Gasteiger partial charge in [0, 0.05) is 19.1 Å². The average Bonchev–Trinajstić information content (AvgIpc) is 3.49. The average molecular weight is 433 g/mol. The van der Waals surface area contributed by atoms with E-state index in [2.05, 4.69) is 10.0 Å². The van der Waals surface area contributed by atoms with Gasteiger partial charge < -0.3 is 14.8 Å². The zero-order valence-corrected chi connectivity index (χ0v) is 18.0. The summed E-state index contributed by atoms with van der Waals surface area (Å²) in [5.41, 5.74) is 0.0282. The SMILES string of the molecule is COCC1(CNS(=O)(=O)c2ccc(C3(C(=O)OC)CC3)cc2)CCNCC1.Cl. The fourth-order valence-corrected chi connectivity index (χ4v) is 5.01. The molecule has 7 nitrogen and oxygen atoms in total. The third kappa shape index (κ3) is 4.68. The third-order valence-electron chi connectivity index (χ3n) is 5.80. The predicted molar refractivity (Wildman–Crippen MR) is 108 cm³/mol. The first-order chi connectivity index (χ1) is 12.9. The van der Waals surface area contributed by atoms with Crippen molar-refractivity contribution in [2.75, 3.05) is 40.5 Å². The molecule has 28 heavy (non-hydrogen) atoms.